The topological polar surface area (TPSA) is 54.5 Å². The summed E-state index contributed by atoms with van der Waals surface area (Å²) in [6, 6.07) is 4.91. The van der Waals surface area contributed by atoms with Crippen LogP contribution in [0.2, 0.25) is 0 Å². The molecular weight excluding hydrogens is 359 g/mol. The molecule has 0 radical (unpaired) electrons. The van der Waals surface area contributed by atoms with E-state index < -0.39 is 28.9 Å². The Bertz CT molecular complexity index is 856. The van der Waals surface area contributed by atoms with Crippen LogP contribution in [0.15, 0.2) is 18.2 Å². The highest BCUT2D eigenvalue weighted by Gasteiger charge is 2.40. The first kappa shape index (κ1) is 20.8. The van der Waals surface area contributed by atoms with Gasteiger partial charge in [0.15, 0.2) is 5.69 Å². The molecule has 0 fully saturated rings. The Morgan fingerprint density at radius 1 is 1.22 bits per heavy atom. The molecule has 1 aromatic heterocycles. The highest BCUT2D eigenvalue weighted by molar-refractivity contribution is 6.07. The highest BCUT2D eigenvalue weighted by Crippen LogP contribution is 2.40. The highest BCUT2D eigenvalue weighted by atomic mass is 19.4. The largest absolute Gasteiger partial charge is 0.462 e. The third-order valence-electron chi connectivity index (χ3n) is 3.73. The number of fused-ring (bicyclic) bond motifs is 1. The lowest BCUT2D eigenvalue weighted by molar-refractivity contribution is -0.141. The van der Waals surface area contributed by atoms with Crippen molar-refractivity contribution >= 4 is 28.2 Å². The van der Waals surface area contributed by atoms with Crippen molar-refractivity contribution in [3.05, 3.63) is 29.5 Å². The average molecular weight is 383 g/mol. The van der Waals surface area contributed by atoms with E-state index in [4.69, 9.17) is 4.74 Å². The van der Waals surface area contributed by atoms with Crippen molar-refractivity contribution < 1.29 is 22.7 Å². The molecule has 8 heteroatoms. The number of anilines is 2. The van der Waals surface area contributed by atoms with Crippen LogP contribution in [-0.2, 0) is 10.9 Å². The van der Waals surface area contributed by atoms with Gasteiger partial charge < -0.3 is 15.0 Å². The van der Waals surface area contributed by atoms with Crippen molar-refractivity contribution in [1.29, 1.82) is 0 Å². The maximum atomic E-state index is 13.7. The molecule has 1 heterocycles. The van der Waals surface area contributed by atoms with Crippen LogP contribution < -0.4 is 10.2 Å². The van der Waals surface area contributed by atoms with E-state index in [1.165, 1.54) is 6.07 Å². The standard InChI is InChI=1S/C19H24F3N3O2/c1-7-27-17(26)14-15(24-18(2,3)4)12-10-11(25(5)6)8-9-13(12)23-16(14)19(20,21)22/h8-10H,7H2,1-6H3,(H,23,24). The summed E-state index contributed by atoms with van der Waals surface area (Å²) in [4.78, 5) is 18.0. The molecule has 148 valence electrons. The number of alkyl halides is 3. The monoisotopic (exact) mass is 383 g/mol. The van der Waals surface area contributed by atoms with E-state index in [1.54, 1.807) is 39.8 Å². The van der Waals surface area contributed by atoms with Gasteiger partial charge in [0, 0.05) is 30.7 Å². The van der Waals surface area contributed by atoms with Crippen LogP contribution in [0.4, 0.5) is 24.5 Å². The number of hydrogen-bond acceptors (Lipinski definition) is 5. The van der Waals surface area contributed by atoms with Gasteiger partial charge in [-0.25, -0.2) is 9.78 Å². The van der Waals surface area contributed by atoms with E-state index >= 15 is 0 Å². The number of aromatic nitrogens is 1. The number of nitrogens with zero attached hydrogens (tertiary/aromatic N) is 2. The SMILES string of the molecule is CCOC(=O)c1c(C(F)(F)F)nc2ccc(N(C)C)cc2c1NC(C)(C)C. The van der Waals surface area contributed by atoms with E-state index in [9.17, 15) is 18.0 Å². The van der Waals surface area contributed by atoms with Gasteiger partial charge in [0.1, 0.15) is 5.56 Å². The first-order valence-electron chi connectivity index (χ1n) is 8.52. The Morgan fingerprint density at radius 2 is 1.85 bits per heavy atom. The molecule has 0 unspecified atom stereocenters. The molecule has 1 N–H and O–H groups in total. The van der Waals surface area contributed by atoms with Crippen molar-refractivity contribution in [2.45, 2.75) is 39.4 Å². The van der Waals surface area contributed by atoms with Crippen molar-refractivity contribution in [3.8, 4) is 0 Å². The van der Waals surface area contributed by atoms with E-state index in [1.807, 2.05) is 19.0 Å². The quantitative estimate of drug-likeness (QED) is 0.775. The van der Waals surface area contributed by atoms with Crippen LogP contribution in [-0.4, -0.2) is 37.2 Å². The molecule has 0 spiro atoms. The molecule has 0 atom stereocenters. The van der Waals surface area contributed by atoms with Crippen LogP contribution >= 0.6 is 0 Å². The van der Waals surface area contributed by atoms with Crippen molar-refractivity contribution in [2.75, 3.05) is 30.9 Å². The maximum Gasteiger partial charge on any atom is 0.434 e. The van der Waals surface area contributed by atoms with Gasteiger partial charge in [-0.1, -0.05) is 0 Å². The lowest BCUT2D eigenvalue weighted by Gasteiger charge is -2.27. The predicted molar refractivity (Wildman–Crippen MR) is 100 cm³/mol. The molecule has 2 rings (SSSR count). The Balaban J connectivity index is 2.96. The summed E-state index contributed by atoms with van der Waals surface area (Å²) in [5.74, 6) is -1.05. The van der Waals surface area contributed by atoms with E-state index in [-0.39, 0.29) is 17.8 Å². The molecule has 2 aromatic rings. The van der Waals surface area contributed by atoms with E-state index in [0.717, 1.165) is 5.69 Å². The summed E-state index contributed by atoms with van der Waals surface area (Å²) in [6.07, 6.45) is -4.80. The molecule has 0 aliphatic rings. The number of esters is 1. The minimum atomic E-state index is -4.80. The second kappa shape index (κ2) is 7.25. The van der Waals surface area contributed by atoms with Gasteiger partial charge in [-0.2, -0.15) is 13.2 Å². The summed E-state index contributed by atoms with van der Waals surface area (Å²) in [7, 11) is 3.64. The minimum absolute atomic E-state index is 0.0408. The normalized spacial score (nSPS) is 12.2. The third kappa shape index (κ3) is 4.61. The Morgan fingerprint density at radius 3 is 2.33 bits per heavy atom. The Hall–Kier alpha value is -2.51. The molecule has 0 amide bonds. The average Bonchev–Trinajstić information content (AvgIpc) is 2.51. The summed E-state index contributed by atoms with van der Waals surface area (Å²) >= 11 is 0. The number of carbonyl (C=O) groups excluding carboxylic acids is 1. The third-order valence-corrected chi connectivity index (χ3v) is 3.73. The van der Waals surface area contributed by atoms with Crippen molar-refractivity contribution in [1.82, 2.24) is 4.98 Å². The van der Waals surface area contributed by atoms with Crippen LogP contribution in [0.1, 0.15) is 43.7 Å². The van der Waals surface area contributed by atoms with Crippen LogP contribution in [0.25, 0.3) is 10.9 Å². The van der Waals surface area contributed by atoms with Gasteiger partial charge in [-0.05, 0) is 45.9 Å². The number of carbonyl (C=O) groups is 1. The van der Waals surface area contributed by atoms with Crippen LogP contribution in [0.3, 0.4) is 0 Å². The summed E-state index contributed by atoms with van der Waals surface area (Å²) in [5.41, 5.74) is -1.45. The van der Waals surface area contributed by atoms with Gasteiger partial charge in [-0.3, -0.25) is 0 Å². The summed E-state index contributed by atoms with van der Waals surface area (Å²) in [6.45, 7) is 6.91. The van der Waals surface area contributed by atoms with Crippen molar-refractivity contribution in [3.63, 3.8) is 0 Å². The second-order valence-electron chi connectivity index (χ2n) is 7.40. The molecule has 0 bridgehead atoms. The maximum absolute atomic E-state index is 13.7. The summed E-state index contributed by atoms with van der Waals surface area (Å²) in [5, 5.41) is 3.47. The van der Waals surface area contributed by atoms with Crippen LogP contribution in [0, 0.1) is 0 Å². The van der Waals surface area contributed by atoms with Crippen LogP contribution in [0.5, 0.6) is 0 Å². The number of ether oxygens (including phenoxy) is 1. The smallest absolute Gasteiger partial charge is 0.434 e. The number of pyridine rings is 1. The lowest BCUT2D eigenvalue weighted by Crippen LogP contribution is -2.29. The lowest BCUT2D eigenvalue weighted by atomic mass is 10.0. The predicted octanol–water partition coefficient (Wildman–Crippen LogP) is 4.71. The summed E-state index contributed by atoms with van der Waals surface area (Å²) < 4.78 is 46.0. The van der Waals surface area contributed by atoms with E-state index in [0.29, 0.717) is 5.39 Å². The number of rotatable bonds is 4. The zero-order chi connectivity index (χ0) is 20.6. The van der Waals surface area contributed by atoms with E-state index in [2.05, 4.69) is 10.3 Å². The van der Waals surface area contributed by atoms with Gasteiger partial charge >= 0.3 is 12.1 Å². The molecule has 0 aliphatic heterocycles. The first-order chi connectivity index (χ1) is 12.3. The molecular formula is C19H24F3N3O2. The molecule has 5 nitrogen and oxygen atoms in total. The fraction of sp³-hybridized carbons (Fsp3) is 0.474. The fourth-order valence-corrected chi connectivity index (χ4v) is 2.64. The van der Waals surface area contributed by atoms with Gasteiger partial charge in [-0.15, -0.1) is 0 Å². The molecule has 0 saturated carbocycles. The number of nitrogens with one attached hydrogen (secondary N) is 1. The fourth-order valence-electron chi connectivity index (χ4n) is 2.64. The molecule has 1 aromatic carbocycles. The number of halogens is 3. The second-order valence-corrected chi connectivity index (χ2v) is 7.40. The van der Waals surface area contributed by atoms with Gasteiger partial charge in [0.05, 0.1) is 17.8 Å². The van der Waals surface area contributed by atoms with Gasteiger partial charge in [0.2, 0.25) is 0 Å². The molecule has 0 saturated heterocycles. The molecule has 0 aliphatic carbocycles. The number of benzene rings is 1. The Labute approximate surface area is 156 Å². The van der Waals surface area contributed by atoms with Crippen molar-refractivity contribution in [2.24, 2.45) is 0 Å². The minimum Gasteiger partial charge on any atom is -0.462 e. The zero-order valence-corrected chi connectivity index (χ0v) is 16.3. The molecule has 27 heavy (non-hydrogen) atoms. The Kier molecular flexibility index (Phi) is 5.58. The zero-order valence-electron chi connectivity index (χ0n) is 16.3. The van der Waals surface area contributed by atoms with Gasteiger partial charge in [0.25, 0.3) is 0 Å². The first-order valence-corrected chi connectivity index (χ1v) is 8.52. The number of hydrogen-bond donors (Lipinski definition) is 1.